The second kappa shape index (κ2) is 8.16. The highest BCUT2D eigenvalue weighted by atomic mass is 32.2. The first-order valence-corrected chi connectivity index (χ1v) is 12.4. The van der Waals surface area contributed by atoms with Crippen LogP contribution in [0.15, 0.2) is 23.1 Å². The molecule has 2 aliphatic rings. The molecule has 1 saturated heterocycles. The highest BCUT2D eigenvalue weighted by Gasteiger charge is 2.27. The van der Waals surface area contributed by atoms with E-state index in [0.29, 0.717) is 29.6 Å². The Morgan fingerprint density at radius 1 is 1.03 bits per heavy atom. The fraction of sp³-hybridized carbons (Fsp3) is 0.524. The van der Waals surface area contributed by atoms with Gasteiger partial charge >= 0.3 is 0 Å². The number of hydrogen-bond donors (Lipinski definition) is 2. The van der Waals surface area contributed by atoms with Gasteiger partial charge in [-0.15, -0.1) is 10.2 Å². The molecule has 0 radical (unpaired) electrons. The third-order valence-corrected chi connectivity index (χ3v) is 8.24. The predicted octanol–water partition coefficient (Wildman–Crippen LogP) is 3.20. The van der Waals surface area contributed by atoms with Crippen LogP contribution in [0.5, 0.6) is 0 Å². The number of benzene rings is 1. The summed E-state index contributed by atoms with van der Waals surface area (Å²) in [7, 11) is -3.54. The summed E-state index contributed by atoms with van der Waals surface area (Å²) in [4.78, 5) is 20.3. The summed E-state index contributed by atoms with van der Waals surface area (Å²) in [6.45, 7) is 1.11. The molecule has 0 unspecified atom stereocenters. The van der Waals surface area contributed by atoms with Crippen LogP contribution in [0, 0.1) is 5.92 Å². The molecule has 2 aromatic heterocycles. The molecule has 9 nitrogen and oxygen atoms in total. The number of rotatable bonds is 4. The van der Waals surface area contributed by atoms with Crippen LogP contribution in [0.4, 0.5) is 5.95 Å². The van der Waals surface area contributed by atoms with Crippen LogP contribution in [0.2, 0.25) is 0 Å². The van der Waals surface area contributed by atoms with Crippen molar-refractivity contribution in [2.75, 3.05) is 18.4 Å². The van der Waals surface area contributed by atoms with E-state index in [1.54, 1.807) is 22.5 Å². The number of anilines is 1. The lowest BCUT2D eigenvalue weighted by Crippen LogP contribution is -2.35. The van der Waals surface area contributed by atoms with E-state index in [0.717, 1.165) is 50.5 Å². The van der Waals surface area contributed by atoms with E-state index >= 15 is 0 Å². The zero-order valence-corrected chi connectivity index (χ0v) is 18.1. The standard InChI is InChI=1S/C21H26N6O3S/c28-20(14-7-3-1-4-8-14)24-21-23-19-18(25-26-21)16-13-15(9-10-17(16)22-19)31(29,30)27-11-5-2-6-12-27/h9-10,13-14H,1-8,11-12H2,(H2,22,23,24,26,28). The van der Waals surface area contributed by atoms with Gasteiger partial charge in [-0.1, -0.05) is 25.7 Å². The zero-order chi connectivity index (χ0) is 21.4. The van der Waals surface area contributed by atoms with E-state index < -0.39 is 10.0 Å². The Balaban J connectivity index is 1.44. The lowest BCUT2D eigenvalue weighted by molar-refractivity contribution is -0.120. The number of H-pyrrole nitrogens is 1. The molecule has 1 aliphatic carbocycles. The Hall–Kier alpha value is -2.59. The van der Waals surface area contributed by atoms with Gasteiger partial charge in [-0.25, -0.2) is 8.42 Å². The van der Waals surface area contributed by atoms with Crippen molar-refractivity contribution in [1.82, 2.24) is 24.5 Å². The number of fused-ring (bicyclic) bond motifs is 3. The average molecular weight is 443 g/mol. The van der Waals surface area contributed by atoms with E-state index in [1.165, 1.54) is 6.42 Å². The maximum absolute atomic E-state index is 13.0. The topological polar surface area (TPSA) is 121 Å². The maximum Gasteiger partial charge on any atom is 0.251 e. The molecule has 0 spiro atoms. The van der Waals surface area contributed by atoms with Gasteiger partial charge in [0.25, 0.3) is 5.95 Å². The molecule has 10 heteroatoms. The first kappa shape index (κ1) is 20.3. The molecular formula is C21H26N6O3S. The molecule has 0 bridgehead atoms. The van der Waals surface area contributed by atoms with Gasteiger partial charge < -0.3 is 4.98 Å². The van der Waals surface area contributed by atoms with Crippen molar-refractivity contribution in [3.8, 4) is 0 Å². The lowest BCUT2D eigenvalue weighted by Gasteiger charge is -2.25. The SMILES string of the molecule is O=C(Nc1nnc2c(n1)[nH]c1ccc(S(=O)(=O)N3CCCCC3)cc12)C1CCCCC1. The molecule has 1 aromatic carbocycles. The molecular weight excluding hydrogens is 416 g/mol. The molecule has 31 heavy (non-hydrogen) atoms. The molecule has 164 valence electrons. The van der Waals surface area contributed by atoms with Crippen LogP contribution in [0.1, 0.15) is 51.4 Å². The van der Waals surface area contributed by atoms with Gasteiger partial charge in [-0.3, -0.25) is 10.1 Å². The number of carbonyl (C=O) groups excluding carboxylic acids is 1. The number of nitrogens with one attached hydrogen (secondary N) is 2. The summed E-state index contributed by atoms with van der Waals surface area (Å²) < 4.78 is 27.6. The fourth-order valence-electron chi connectivity index (χ4n) is 4.60. The van der Waals surface area contributed by atoms with Gasteiger partial charge in [0.05, 0.1) is 4.90 Å². The summed E-state index contributed by atoms with van der Waals surface area (Å²) >= 11 is 0. The van der Waals surface area contributed by atoms with Crippen LogP contribution in [0.25, 0.3) is 22.1 Å². The Labute approximate surface area is 180 Å². The summed E-state index contributed by atoms with van der Waals surface area (Å²) in [5.41, 5.74) is 1.68. The highest BCUT2D eigenvalue weighted by Crippen LogP contribution is 2.28. The third-order valence-electron chi connectivity index (χ3n) is 6.35. The maximum atomic E-state index is 13.0. The smallest absolute Gasteiger partial charge is 0.251 e. The van der Waals surface area contributed by atoms with E-state index in [4.69, 9.17) is 0 Å². The van der Waals surface area contributed by atoms with Gasteiger partial charge in [-0.05, 0) is 43.9 Å². The number of sulfonamides is 1. The summed E-state index contributed by atoms with van der Waals surface area (Å²) in [5.74, 6) is 0.0981. The number of carbonyl (C=O) groups is 1. The van der Waals surface area contributed by atoms with Crippen molar-refractivity contribution < 1.29 is 13.2 Å². The Morgan fingerprint density at radius 2 is 1.77 bits per heavy atom. The first-order valence-electron chi connectivity index (χ1n) is 11.0. The molecule has 2 N–H and O–H groups in total. The molecule has 1 amide bonds. The average Bonchev–Trinajstić information content (AvgIpc) is 3.17. The van der Waals surface area contributed by atoms with E-state index in [1.807, 2.05) is 0 Å². The van der Waals surface area contributed by atoms with E-state index in [2.05, 4.69) is 25.5 Å². The van der Waals surface area contributed by atoms with Crippen LogP contribution in [-0.2, 0) is 14.8 Å². The van der Waals surface area contributed by atoms with Gasteiger partial charge in [0, 0.05) is 29.9 Å². The van der Waals surface area contributed by atoms with Crippen molar-refractivity contribution in [3.63, 3.8) is 0 Å². The van der Waals surface area contributed by atoms with Crippen molar-refractivity contribution in [2.45, 2.75) is 56.3 Å². The lowest BCUT2D eigenvalue weighted by atomic mass is 9.89. The van der Waals surface area contributed by atoms with Crippen LogP contribution in [0.3, 0.4) is 0 Å². The second-order valence-electron chi connectivity index (χ2n) is 8.45. The molecule has 3 aromatic rings. The zero-order valence-electron chi connectivity index (χ0n) is 17.3. The monoisotopic (exact) mass is 442 g/mol. The quantitative estimate of drug-likeness (QED) is 0.640. The predicted molar refractivity (Wildman–Crippen MR) is 117 cm³/mol. The van der Waals surface area contributed by atoms with Crippen LogP contribution >= 0.6 is 0 Å². The van der Waals surface area contributed by atoms with Crippen molar-refractivity contribution in [2.24, 2.45) is 5.92 Å². The minimum Gasteiger partial charge on any atom is -0.338 e. The van der Waals surface area contributed by atoms with Gasteiger partial charge in [0.15, 0.2) is 5.65 Å². The summed E-state index contributed by atoms with van der Waals surface area (Å²) in [5, 5.41) is 11.7. The summed E-state index contributed by atoms with van der Waals surface area (Å²) in [6.07, 6.45) is 7.94. The second-order valence-corrected chi connectivity index (χ2v) is 10.4. The van der Waals surface area contributed by atoms with Crippen molar-refractivity contribution >= 4 is 43.9 Å². The number of amides is 1. The fourth-order valence-corrected chi connectivity index (χ4v) is 6.14. The molecule has 2 fully saturated rings. The van der Waals surface area contributed by atoms with E-state index in [9.17, 15) is 13.2 Å². The first-order chi connectivity index (χ1) is 15.0. The molecule has 0 atom stereocenters. The molecule has 1 saturated carbocycles. The number of piperidine rings is 1. The molecule has 5 rings (SSSR count). The number of aromatic amines is 1. The normalized spacial score (nSPS) is 19.1. The van der Waals surface area contributed by atoms with Gasteiger partial charge in [0.2, 0.25) is 15.9 Å². The number of hydrogen-bond acceptors (Lipinski definition) is 6. The summed E-state index contributed by atoms with van der Waals surface area (Å²) in [6, 6.07) is 4.98. The highest BCUT2D eigenvalue weighted by molar-refractivity contribution is 7.89. The largest absolute Gasteiger partial charge is 0.338 e. The Morgan fingerprint density at radius 3 is 2.55 bits per heavy atom. The Bertz CT molecular complexity index is 1230. The van der Waals surface area contributed by atoms with Crippen LogP contribution < -0.4 is 5.32 Å². The number of nitrogens with zero attached hydrogens (tertiary/aromatic N) is 4. The molecule has 1 aliphatic heterocycles. The van der Waals surface area contributed by atoms with Crippen LogP contribution in [-0.4, -0.2) is 51.9 Å². The van der Waals surface area contributed by atoms with E-state index in [-0.39, 0.29) is 22.7 Å². The number of aromatic nitrogens is 4. The van der Waals surface area contributed by atoms with Gasteiger partial charge in [0.1, 0.15) is 5.52 Å². The van der Waals surface area contributed by atoms with Gasteiger partial charge in [-0.2, -0.15) is 9.29 Å². The van der Waals surface area contributed by atoms with Crippen molar-refractivity contribution in [3.05, 3.63) is 18.2 Å². The third kappa shape index (κ3) is 3.89. The molecule has 3 heterocycles. The minimum atomic E-state index is -3.54. The Kier molecular flexibility index (Phi) is 5.35. The minimum absolute atomic E-state index is 0.00156. The van der Waals surface area contributed by atoms with Crippen molar-refractivity contribution in [1.29, 1.82) is 0 Å².